The van der Waals surface area contributed by atoms with Gasteiger partial charge in [-0.2, -0.15) is 0 Å². The quantitative estimate of drug-likeness (QED) is 0.850. The Morgan fingerprint density at radius 1 is 1.26 bits per heavy atom. The minimum atomic E-state index is -0.498. The van der Waals surface area contributed by atoms with E-state index in [0.29, 0.717) is 13.1 Å². The van der Waals surface area contributed by atoms with Crippen LogP contribution in [-0.4, -0.2) is 50.5 Å². The Balaban J connectivity index is 1.76. The van der Waals surface area contributed by atoms with Crippen molar-refractivity contribution in [2.45, 2.75) is 70.6 Å². The van der Waals surface area contributed by atoms with Crippen molar-refractivity contribution in [3.63, 3.8) is 0 Å². The van der Waals surface area contributed by atoms with Crippen molar-refractivity contribution in [2.75, 3.05) is 13.1 Å². The third kappa shape index (κ3) is 3.65. The van der Waals surface area contributed by atoms with Gasteiger partial charge in [0, 0.05) is 38.0 Å². The van der Waals surface area contributed by atoms with E-state index in [4.69, 9.17) is 10.5 Å². The highest BCUT2D eigenvalue weighted by molar-refractivity contribution is 5.68. The summed E-state index contributed by atoms with van der Waals surface area (Å²) in [5, 5.41) is 8.73. The van der Waals surface area contributed by atoms with Crippen molar-refractivity contribution in [3.05, 3.63) is 11.6 Å². The molecule has 1 amide bonds. The fourth-order valence-electron chi connectivity index (χ4n) is 3.43. The lowest BCUT2D eigenvalue weighted by molar-refractivity contribution is 0.0176. The summed E-state index contributed by atoms with van der Waals surface area (Å²) in [4.78, 5) is 14.1. The van der Waals surface area contributed by atoms with Gasteiger partial charge in [0.15, 0.2) is 0 Å². The molecule has 2 aliphatic heterocycles. The van der Waals surface area contributed by atoms with Gasteiger partial charge in [-0.1, -0.05) is 0 Å². The van der Waals surface area contributed by atoms with Gasteiger partial charge in [0.2, 0.25) is 0 Å². The number of fused-ring (bicyclic) bond motifs is 1. The molecule has 0 bridgehead atoms. The van der Waals surface area contributed by atoms with E-state index in [1.54, 1.807) is 4.90 Å². The van der Waals surface area contributed by atoms with Crippen molar-refractivity contribution in [1.29, 1.82) is 0 Å². The molecule has 3 rings (SSSR count). The molecule has 1 saturated heterocycles. The minimum absolute atomic E-state index is 0.0576. The number of carbonyl (C=O) groups excluding carboxylic acids is 1. The van der Waals surface area contributed by atoms with Gasteiger partial charge in [-0.25, -0.2) is 4.79 Å². The third-order valence-electron chi connectivity index (χ3n) is 4.39. The molecule has 0 saturated carbocycles. The number of hydrogen-bond donors (Lipinski definition) is 1. The molecule has 1 fully saturated rings. The van der Waals surface area contributed by atoms with E-state index in [1.165, 1.54) is 6.42 Å². The second kappa shape index (κ2) is 6.11. The Morgan fingerprint density at radius 3 is 2.78 bits per heavy atom. The predicted octanol–water partition coefficient (Wildman–Crippen LogP) is 1.67. The van der Waals surface area contributed by atoms with Gasteiger partial charge in [0.1, 0.15) is 17.2 Å². The van der Waals surface area contributed by atoms with Crippen LogP contribution in [0.3, 0.4) is 0 Å². The standard InChI is InChI=1S/C16H27N5O2/c1-16(2,3)23-15(22)20-9-11(8-12(17)10-20)14-19-18-13-6-4-5-7-21(13)14/h11-12H,4-10,17H2,1-3H3/t11-,12+/m1/s1. The van der Waals surface area contributed by atoms with Crippen LogP contribution >= 0.6 is 0 Å². The molecule has 0 aromatic carbocycles. The summed E-state index contributed by atoms with van der Waals surface area (Å²) in [6.07, 6.45) is 3.86. The maximum Gasteiger partial charge on any atom is 0.410 e. The van der Waals surface area contributed by atoms with Crippen LogP contribution in [0.5, 0.6) is 0 Å². The zero-order valence-corrected chi connectivity index (χ0v) is 14.3. The van der Waals surface area contributed by atoms with Crippen LogP contribution in [0.15, 0.2) is 0 Å². The second-order valence-electron chi connectivity index (χ2n) is 7.66. The molecule has 128 valence electrons. The topological polar surface area (TPSA) is 86.3 Å². The molecule has 3 heterocycles. The highest BCUT2D eigenvalue weighted by Crippen LogP contribution is 2.28. The molecular weight excluding hydrogens is 294 g/mol. The normalized spacial score (nSPS) is 25.1. The van der Waals surface area contributed by atoms with Gasteiger partial charge in [-0.05, 0) is 40.0 Å². The van der Waals surface area contributed by atoms with E-state index in [2.05, 4.69) is 14.8 Å². The van der Waals surface area contributed by atoms with E-state index in [1.807, 2.05) is 20.8 Å². The monoisotopic (exact) mass is 321 g/mol. The number of hydrogen-bond acceptors (Lipinski definition) is 5. The smallest absolute Gasteiger partial charge is 0.410 e. The van der Waals surface area contributed by atoms with Crippen LogP contribution in [-0.2, 0) is 17.7 Å². The number of aromatic nitrogens is 3. The van der Waals surface area contributed by atoms with Crippen LogP contribution < -0.4 is 5.73 Å². The average molecular weight is 321 g/mol. The Labute approximate surface area is 137 Å². The highest BCUT2D eigenvalue weighted by Gasteiger charge is 2.34. The first-order valence-electron chi connectivity index (χ1n) is 8.49. The molecule has 1 aromatic heterocycles. The van der Waals surface area contributed by atoms with Crippen molar-refractivity contribution < 1.29 is 9.53 Å². The van der Waals surface area contributed by atoms with Crippen molar-refractivity contribution in [3.8, 4) is 0 Å². The number of ether oxygens (including phenoxy) is 1. The molecule has 2 atom stereocenters. The highest BCUT2D eigenvalue weighted by atomic mass is 16.6. The van der Waals surface area contributed by atoms with Gasteiger partial charge in [0.05, 0.1) is 0 Å². The summed E-state index contributed by atoms with van der Waals surface area (Å²) in [7, 11) is 0. The van der Waals surface area contributed by atoms with E-state index in [0.717, 1.165) is 37.5 Å². The largest absolute Gasteiger partial charge is 0.444 e. The Bertz CT molecular complexity index is 578. The Morgan fingerprint density at radius 2 is 2.04 bits per heavy atom. The van der Waals surface area contributed by atoms with Gasteiger partial charge in [-0.15, -0.1) is 10.2 Å². The molecule has 7 nitrogen and oxygen atoms in total. The number of piperidine rings is 1. The molecule has 7 heteroatoms. The first-order chi connectivity index (χ1) is 10.8. The fourth-order valence-corrected chi connectivity index (χ4v) is 3.43. The third-order valence-corrected chi connectivity index (χ3v) is 4.39. The number of nitrogens with two attached hydrogens (primary N) is 1. The van der Waals surface area contributed by atoms with Gasteiger partial charge in [0.25, 0.3) is 0 Å². The second-order valence-corrected chi connectivity index (χ2v) is 7.66. The van der Waals surface area contributed by atoms with Gasteiger partial charge in [-0.3, -0.25) is 0 Å². The molecule has 1 aromatic rings. The lowest BCUT2D eigenvalue weighted by atomic mass is 9.94. The minimum Gasteiger partial charge on any atom is -0.444 e. The molecular formula is C16H27N5O2. The Hall–Kier alpha value is -1.63. The summed E-state index contributed by atoms with van der Waals surface area (Å²) in [5.41, 5.74) is 5.69. The lowest BCUT2D eigenvalue weighted by Gasteiger charge is -2.37. The molecule has 2 N–H and O–H groups in total. The summed E-state index contributed by atoms with van der Waals surface area (Å²) in [5.74, 6) is 2.17. The Kier molecular flexibility index (Phi) is 4.31. The van der Waals surface area contributed by atoms with E-state index < -0.39 is 5.60 Å². The predicted molar refractivity (Wildman–Crippen MR) is 86.1 cm³/mol. The molecule has 0 aliphatic carbocycles. The average Bonchev–Trinajstić information content (AvgIpc) is 2.88. The van der Waals surface area contributed by atoms with Crippen LogP contribution in [0.25, 0.3) is 0 Å². The van der Waals surface area contributed by atoms with Crippen LogP contribution in [0.1, 0.15) is 57.6 Å². The molecule has 2 aliphatic rings. The number of amides is 1. The van der Waals surface area contributed by atoms with Crippen molar-refractivity contribution in [2.24, 2.45) is 5.73 Å². The zero-order valence-electron chi connectivity index (χ0n) is 14.3. The summed E-state index contributed by atoms with van der Waals surface area (Å²) < 4.78 is 7.71. The van der Waals surface area contributed by atoms with E-state index in [9.17, 15) is 4.79 Å². The summed E-state index contributed by atoms with van der Waals surface area (Å²) in [6, 6.07) is -0.0576. The first-order valence-corrected chi connectivity index (χ1v) is 8.49. The molecule has 0 radical (unpaired) electrons. The number of aryl methyl sites for hydroxylation is 1. The summed E-state index contributed by atoms with van der Waals surface area (Å²) in [6.45, 7) is 7.73. The maximum absolute atomic E-state index is 12.4. The van der Waals surface area contributed by atoms with Crippen molar-refractivity contribution >= 4 is 6.09 Å². The number of likely N-dealkylation sites (tertiary alicyclic amines) is 1. The van der Waals surface area contributed by atoms with Crippen LogP contribution in [0, 0.1) is 0 Å². The SMILES string of the molecule is CC(C)(C)OC(=O)N1C[C@@H](N)C[C@@H](c2nnc3n2CCCC3)C1. The van der Waals surface area contributed by atoms with E-state index >= 15 is 0 Å². The molecule has 0 unspecified atom stereocenters. The summed E-state index contributed by atoms with van der Waals surface area (Å²) >= 11 is 0. The molecule has 0 spiro atoms. The van der Waals surface area contributed by atoms with Crippen molar-refractivity contribution in [1.82, 2.24) is 19.7 Å². The van der Waals surface area contributed by atoms with Gasteiger partial charge < -0.3 is 19.9 Å². The van der Waals surface area contributed by atoms with Gasteiger partial charge >= 0.3 is 6.09 Å². The van der Waals surface area contributed by atoms with E-state index in [-0.39, 0.29) is 18.1 Å². The van der Waals surface area contributed by atoms with Crippen LogP contribution in [0.4, 0.5) is 4.79 Å². The molecule has 23 heavy (non-hydrogen) atoms. The maximum atomic E-state index is 12.4. The number of rotatable bonds is 1. The number of carbonyl (C=O) groups is 1. The first kappa shape index (κ1) is 16.2. The lowest BCUT2D eigenvalue weighted by Crippen LogP contribution is -2.50. The fraction of sp³-hybridized carbons (Fsp3) is 0.812. The van der Waals surface area contributed by atoms with Crippen LogP contribution in [0.2, 0.25) is 0 Å². The zero-order chi connectivity index (χ0) is 16.6. The number of nitrogens with zero attached hydrogens (tertiary/aromatic N) is 4.